The first-order valence-electron chi connectivity index (χ1n) is 10.3. The number of hydrogen-bond acceptors (Lipinski definition) is 5. The average molecular weight is 424 g/mol. The fourth-order valence-electron chi connectivity index (χ4n) is 4.12. The van der Waals surface area contributed by atoms with Crippen LogP contribution in [0.25, 0.3) is 0 Å². The molecule has 1 aliphatic rings. The molecule has 1 saturated heterocycles. The summed E-state index contributed by atoms with van der Waals surface area (Å²) in [5.74, 6) is 0.117. The molecule has 1 fully saturated rings. The molecule has 1 heterocycles. The first-order chi connectivity index (χ1) is 13.8. The van der Waals surface area contributed by atoms with Crippen LogP contribution in [0.4, 0.5) is 0 Å². The van der Waals surface area contributed by atoms with Crippen molar-refractivity contribution in [3.8, 4) is 0 Å². The molecule has 0 spiro atoms. The molecule has 1 aromatic rings. The Morgan fingerprint density at radius 1 is 1.28 bits per heavy atom. The summed E-state index contributed by atoms with van der Waals surface area (Å²) in [4.78, 5) is 20.2. The molecular weight excluding hydrogens is 390 g/mol. The summed E-state index contributed by atoms with van der Waals surface area (Å²) in [7, 11) is -3.69. The molecule has 0 unspecified atom stereocenters. The van der Waals surface area contributed by atoms with E-state index in [1.165, 1.54) is 5.56 Å². The minimum Gasteiger partial charge on any atom is -0.337 e. The number of carbonyl (C=O) groups excluding carboxylic acids is 1. The van der Waals surface area contributed by atoms with E-state index in [0.29, 0.717) is 19.4 Å². The van der Waals surface area contributed by atoms with Crippen molar-refractivity contribution in [2.45, 2.75) is 57.9 Å². The summed E-state index contributed by atoms with van der Waals surface area (Å²) in [5.41, 5.74) is 0.750. The van der Waals surface area contributed by atoms with Gasteiger partial charge >= 0.3 is 0 Å². The maximum atomic E-state index is 13.4. The molecule has 7 heteroatoms. The normalized spacial score (nSPS) is 22.2. The molecule has 6 nitrogen and oxygen atoms in total. The van der Waals surface area contributed by atoms with E-state index in [0.717, 1.165) is 38.4 Å². The summed E-state index contributed by atoms with van der Waals surface area (Å²) in [6.07, 6.45) is 8.47. The Labute approximate surface area is 174 Å². The van der Waals surface area contributed by atoms with Crippen LogP contribution in [0.5, 0.6) is 0 Å². The number of carbonyl (C=O) groups is 1. The molecule has 1 amide bonds. The average Bonchev–Trinajstić information content (AvgIpc) is 2.92. The Balaban J connectivity index is 2.09. The number of likely N-dealkylation sites (tertiary alicyclic amines) is 1. The molecule has 0 aromatic heterocycles. The molecule has 0 N–H and O–H groups in total. The van der Waals surface area contributed by atoms with Crippen LogP contribution in [0.2, 0.25) is 0 Å². The van der Waals surface area contributed by atoms with Crippen LogP contribution in [-0.2, 0) is 30.6 Å². The molecule has 2 atom stereocenters. The van der Waals surface area contributed by atoms with Gasteiger partial charge in [0.2, 0.25) is 5.91 Å². The Morgan fingerprint density at radius 3 is 2.62 bits per heavy atom. The number of aryl methyl sites for hydroxylation is 1. The second kappa shape index (κ2) is 10.9. The predicted molar refractivity (Wildman–Crippen MR) is 114 cm³/mol. The molecule has 29 heavy (non-hydrogen) atoms. The number of nitrogens with zero attached hydrogens (tertiary/aromatic N) is 1. The molecule has 0 bridgehead atoms. The minimum atomic E-state index is -3.69. The van der Waals surface area contributed by atoms with Crippen molar-refractivity contribution in [2.24, 2.45) is 5.41 Å². The summed E-state index contributed by atoms with van der Waals surface area (Å²) in [6.45, 7) is 6.60. The highest BCUT2D eigenvalue weighted by atomic mass is 32.2. The van der Waals surface area contributed by atoms with Crippen molar-refractivity contribution in [3.05, 3.63) is 48.6 Å². The smallest absolute Gasteiger partial charge is 0.290 e. The zero-order valence-corrected chi connectivity index (χ0v) is 18.3. The van der Waals surface area contributed by atoms with E-state index in [-0.39, 0.29) is 18.6 Å². The summed E-state index contributed by atoms with van der Waals surface area (Å²) in [6, 6.07) is 9.95. The number of hydrogen-bond donors (Lipinski definition) is 0. The second-order valence-corrected chi connectivity index (χ2v) is 9.42. The third kappa shape index (κ3) is 6.94. The van der Waals surface area contributed by atoms with Crippen molar-refractivity contribution in [3.63, 3.8) is 0 Å². The van der Waals surface area contributed by atoms with Crippen LogP contribution in [0.15, 0.2) is 43.0 Å². The quantitative estimate of drug-likeness (QED) is 0.273. The largest absolute Gasteiger partial charge is 0.337 e. The fourth-order valence-corrected chi connectivity index (χ4v) is 4.35. The van der Waals surface area contributed by atoms with E-state index in [4.69, 9.17) is 4.89 Å². The van der Waals surface area contributed by atoms with Crippen molar-refractivity contribution in [2.75, 3.05) is 19.4 Å². The number of benzene rings is 1. The van der Waals surface area contributed by atoms with E-state index in [9.17, 15) is 13.2 Å². The van der Waals surface area contributed by atoms with Gasteiger partial charge in [-0.25, -0.2) is 4.89 Å². The van der Waals surface area contributed by atoms with Crippen LogP contribution in [0, 0.1) is 5.41 Å². The molecule has 162 valence electrons. The molecule has 1 aliphatic heterocycles. The number of rotatable bonds is 13. The summed E-state index contributed by atoms with van der Waals surface area (Å²) < 4.78 is 26.9. The number of amides is 1. The topological polar surface area (TPSA) is 72.9 Å². The Hall–Kier alpha value is -1.70. The number of unbranched alkanes of at least 4 members (excludes halogenated alkanes) is 1. The molecule has 0 aliphatic carbocycles. The second-order valence-electron chi connectivity index (χ2n) is 7.88. The number of allylic oxidation sites excluding steroid dienone is 1. The van der Waals surface area contributed by atoms with E-state index >= 15 is 0 Å². The van der Waals surface area contributed by atoms with E-state index in [1.54, 1.807) is 0 Å². The summed E-state index contributed by atoms with van der Waals surface area (Å²) in [5, 5.41) is 0. The minimum absolute atomic E-state index is 0.0369. The first kappa shape index (κ1) is 23.6. The van der Waals surface area contributed by atoms with Gasteiger partial charge in [-0.15, -0.1) is 10.9 Å². The lowest BCUT2D eigenvalue weighted by atomic mass is 9.77. The lowest BCUT2D eigenvalue weighted by Gasteiger charge is -2.27. The highest BCUT2D eigenvalue weighted by Crippen LogP contribution is 2.44. The van der Waals surface area contributed by atoms with Gasteiger partial charge in [-0.05, 0) is 37.7 Å². The van der Waals surface area contributed by atoms with Crippen molar-refractivity contribution < 1.29 is 22.4 Å². The zero-order valence-electron chi connectivity index (χ0n) is 17.5. The van der Waals surface area contributed by atoms with Gasteiger partial charge in [0.1, 0.15) is 6.61 Å². The predicted octanol–water partition coefficient (Wildman–Crippen LogP) is 3.88. The van der Waals surface area contributed by atoms with Gasteiger partial charge in [-0.2, -0.15) is 8.42 Å². The van der Waals surface area contributed by atoms with Gasteiger partial charge < -0.3 is 4.90 Å². The highest BCUT2D eigenvalue weighted by molar-refractivity contribution is 7.85. The van der Waals surface area contributed by atoms with Gasteiger partial charge in [0.15, 0.2) is 0 Å². The summed E-state index contributed by atoms with van der Waals surface area (Å²) >= 11 is 0. The molecule has 2 rings (SSSR count). The van der Waals surface area contributed by atoms with Crippen molar-refractivity contribution in [1.29, 1.82) is 0 Å². The van der Waals surface area contributed by atoms with Gasteiger partial charge in [0, 0.05) is 6.54 Å². The van der Waals surface area contributed by atoms with Crippen LogP contribution >= 0.6 is 0 Å². The Morgan fingerprint density at radius 2 is 2.00 bits per heavy atom. The zero-order chi connectivity index (χ0) is 21.3. The van der Waals surface area contributed by atoms with Crippen molar-refractivity contribution in [1.82, 2.24) is 4.90 Å². The van der Waals surface area contributed by atoms with Gasteiger partial charge in [0.05, 0.1) is 17.7 Å². The molecule has 1 aromatic carbocycles. The van der Waals surface area contributed by atoms with Gasteiger partial charge in [0.25, 0.3) is 10.1 Å². The van der Waals surface area contributed by atoms with E-state index in [2.05, 4.69) is 30.0 Å². The molecule has 0 radical (unpaired) electrons. The first-order valence-corrected chi connectivity index (χ1v) is 12.1. The fraction of sp³-hybridized carbons (Fsp3) is 0.591. The maximum absolute atomic E-state index is 13.4. The van der Waals surface area contributed by atoms with Crippen LogP contribution in [-0.4, -0.2) is 44.7 Å². The third-order valence-electron chi connectivity index (χ3n) is 5.47. The standard InChI is InChI=1S/C22H33NO5S/c1-4-6-15-22(14-5-2)17-20(18-27-28-29(3,25)26)23(21(22)24)16-10-13-19-11-8-7-9-12-19/h5,7-9,11-12,20H,2,4,6,10,13-18H2,1,3H3/t20-,22-/m0/s1. The Kier molecular flexibility index (Phi) is 8.86. The van der Waals surface area contributed by atoms with E-state index in [1.807, 2.05) is 29.2 Å². The van der Waals surface area contributed by atoms with Crippen molar-refractivity contribution >= 4 is 16.0 Å². The van der Waals surface area contributed by atoms with Crippen LogP contribution in [0.3, 0.4) is 0 Å². The SMILES string of the molecule is C=CC[C@]1(CCCC)C[C@@H](COOS(C)(=O)=O)N(CCCc2ccccc2)C1=O. The lowest BCUT2D eigenvalue weighted by Crippen LogP contribution is -2.39. The third-order valence-corrected chi connectivity index (χ3v) is 5.81. The van der Waals surface area contributed by atoms with E-state index < -0.39 is 15.5 Å². The van der Waals surface area contributed by atoms with Crippen LogP contribution < -0.4 is 0 Å². The highest BCUT2D eigenvalue weighted by Gasteiger charge is 2.50. The van der Waals surface area contributed by atoms with Gasteiger partial charge in [-0.1, -0.05) is 56.2 Å². The van der Waals surface area contributed by atoms with Crippen LogP contribution in [0.1, 0.15) is 51.0 Å². The monoisotopic (exact) mass is 423 g/mol. The molecular formula is C22H33NO5S. The Bertz CT molecular complexity index is 765. The lowest BCUT2D eigenvalue weighted by molar-refractivity contribution is -0.210. The molecule has 0 saturated carbocycles. The van der Waals surface area contributed by atoms with Gasteiger partial charge in [-0.3, -0.25) is 4.79 Å². The maximum Gasteiger partial charge on any atom is 0.290 e.